The first-order chi connectivity index (χ1) is 8.78. The van der Waals surface area contributed by atoms with E-state index in [0.717, 1.165) is 45.2 Å². The van der Waals surface area contributed by atoms with Crippen LogP contribution in [0.5, 0.6) is 0 Å². The van der Waals surface area contributed by atoms with Gasteiger partial charge in [-0.25, -0.2) is 0 Å². The summed E-state index contributed by atoms with van der Waals surface area (Å²) in [5, 5.41) is 6.68. The second kappa shape index (κ2) is 12.7. The number of aliphatic imine (C=N–C) groups is 1. The van der Waals surface area contributed by atoms with Crippen LogP contribution in [0.3, 0.4) is 0 Å². The van der Waals surface area contributed by atoms with Crippen molar-refractivity contribution in [1.82, 2.24) is 15.5 Å². The smallest absolute Gasteiger partial charge is 0.191 e. The molecule has 0 unspecified atom stereocenters. The largest absolute Gasteiger partial charge is 0.357 e. The fraction of sp³-hybridized carbons (Fsp3) is 0.929. The Hall–Kier alpha value is -0.770. The second-order valence-electron chi connectivity index (χ2n) is 4.42. The van der Waals surface area contributed by atoms with E-state index in [4.69, 9.17) is 0 Å². The Morgan fingerprint density at radius 2 is 1.72 bits per heavy atom. The average Bonchev–Trinajstić information content (AvgIpc) is 2.39. The van der Waals surface area contributed by atoms with Crippen LogP contribution >= 0.6 is 0 Å². The summed E-state index contributed by atoms with van der Waals surface area (Å²) in [5.41, 5.74) is 0. The van der Waals surface area contributed by atoms with Crippen LogP contribution in [0, 0.1) is 0 Å². The maximum atomic E-state index is 4.58. The molecule has 18 heavy (non-hydrogen) atoms. The van der Waals surface area contributed by atoms with Crippen molar-refractivity contribution in [2.75, 3.05) is 39.3 Å². The fourth-order valence-corrected chi connectivity index (χ4v) is 1.77. The Balaban J connectivity index is 3.87. The van der Waals surface area contributed by atoms with Crippen molar-refractivity contribution in [2.45, 2.75) is 47.0 Å². The molecular formula is C14H32N4. The summed E-state index contributed by atoms with van der Waals surface area (Å²) in [6.45, 7) is 14.8. The van der Waals surface area contributed by atoms with E-state index in [9.17, 15) is 0 Å². The summed E-state index contributed by atoms with van der Waals surface area (Å²) >= 11 is 0. The lowest BCUT2D eigenvalue weighted by molar-refractivity contribution is 0.308. The predicted molar refractivity (Wildman–Crippen MR) is 81.3 cm³/mol. The quantitative estimate of drug-likeness (QED) is 0.357. The van der Waals surface area contributed by atoms with E-state index in [1.165, 1.54) is 19.3 Å². The molecule has 4 nitrogen and oxygen atoms in total. The van der Waals surface area contributed by atoms with Gasteiger partial charge in [0.2, 0.25) is 0 Å². The van der Waals surface area contributed by atoms with E-state index < -0.39 is 0 Å². The minimum absolute atomic E-state index is 0.922. The van der Waals surface area contributed by atoms with Crippen molar-refractivity contribution < 1.29 is 0 Å². The molecule has 0 aliphatic rings. The molecule has 0 fully saturated rings. The Morgan fingerprint density at radius 1 is 1.00 bits per heavy atom. The van der Waals surface area contributed by atoms with Crippen LogP contribution in [0.1, 0.15) is 47.0 Å². The predicted octanol–water partition coefficient (Wildman–Crippen LogP) is 2.07. The summed E-state index contributed by atoms with van der Waals surface area (Å²) < 4.78 is 0. The summed E-state index contributed by atoms with van der Waals surface area (Å²) in [6.07, 6.45) is 3.70. The number of nitrogens with zero attached hydrogens (tertiary/aromatic N) is 2. The molecule has 0 saturated heterocycles. The number of unbranched alkanes of at least 4 members (excludes halogenated alkanes) is 2. The van der Waals surface area contributed by atoms with Gasteiger partial charge >= 0.3 is 0 Å². The Bertz CT molecular complexity index is 200. The zero-order valence-corrected chi connectivity index (χ0v) is 12.8. The van der Waals surface area contributed by atoms with E-state index >= 15 is 0 Å². The molecule has 0 radical (unpaired) electrons. The maximum absolute atomic E-state index is 4.58. The Labute approximate surface area is 113 Å². The van der Waals surface area contributed by atoms with Gasteiger partial charge in [0.05, 0.1) is 0 Å². The number of hydrogen-bond acceptors (Lipinski definition) is 2. The molecule has 0 aliphatic carbocycles. The maximum Gasteiger partial charge on any atom is 0.191 e. The SMILES string of the molecule is CCCCCN=C(NCC)NCCN(CC)CC. The van der Waals surface area contributed by atoms with E-state index in [-0.39, 0.29) is 0 Å². The van der Waals surface area contributed by atoms with Gasteiger partial charge in [-0.3, -0.25) is 4.99 Å². The zero-order valence-electron chi connectivity index (χ0n) is 12.8. The number of hydrogen-bond donors (Lipinski definition) is 2. The van der Waals surface area contributed by atoms with Crippen molar-refractivity contribution in [3.63, 3.8) is 0 Å². The van der Waals surface area contributed by atoms with Crippen molar-refractivity contribution >= 4 is 5.96 Å². The van der Waals surface area contributed by atoms with Crippen LogP contribution in [-0.2, 0) is 0 Å². The summed E-state index contributed by atoms with van der Waals surface area (Å²) in [5.74, 6) is 0.959. The first-order valence-electron chi connectivity index (χ1n) is 7.52. The minimum atomic E-state index is 0.922. The zero-order chi connectivity index (χ0) is 13.6. The molecule has 0 bridgehead atoms. The molecule has 108 valence electrons. The van der Waals surface area contributed by atoms with Gasteiger partial charge < -0.3 is 15.5 Å². The van der Waals surface area contributed by atoms with Gasteiger partial charge in [-0.05, 0) is 26.4 Å². The topological polar surface area (TPSA) is 39.7 Å². The Kier molecular flexibility index (Phi) is 12.1. The third-order valence-electron chi connectivity index (χ3n) is 2.99. The normalized spacial score (nSPS) is 11.9. The molecule has 2 N–H and O–H groups in total. The molecule has 4 heteroatoms. The number of likely N-dealkylation sites (N-methyl/N-ethyl adjacent to an activating group) is 1. The van der Waals surface area contributed by atoms with Gasteiger partial charge in [0, 0.05) is 26.2 Å². The monoisotopic (exact) mass is 256 g/mol. The number of nitrogens with one attached hydrogen (secondary N) is 2. The van der Waals surface area contributed by atoms with Gasteiger partial charge in [0.15, 0.2) is 5.96 Å². The van der Waals surface area contributed by atoms with Crippen molar-refractivity contribution in [3.8, 4) is 0 Å². The summed E-state index contributed by atoms with van der Waals surface area (Å²) in [4.78, 5) is 6.99. The molecule has 0 amide bonds. The molecule has 0 atom stereocenters. The van der Waals surface area contributed by atoms with Crippen molar-refractivity contribution in [1.29, 1.82) is 0 Å². The molecule has 0 saturated carbocycles. The van der Waals surface area contributed by atoms with Crippen LogP contribution in [0.15, 0.2) is 4.99 Å². The lowest BCUT2D eigenvalue weighted by Gasteiger charge is -2.19. The first kappa shape index (κ1) is 17.2. The van der Waals surface area contributed by atoms with Crippen LogP contribution in [0.25, 0.3) is 0 Å². The molecule has 0 aromatic heterocycles. The van der Waals surface area contributed by atoms with Gasteiger partial charge in [-0.2, -0.15) is 0 Å². The van der Waals surface area contributed by atoms with Gasteiger partial charge in [0.25, 0.3) is 0 Å². The Morgan fingerprint density at radius 3 is 2.28 bits per heavy atom. The highest BCUT2D eigenvalue weighted by molar-refractivity contribution is 5.79. The van der Waals surface area contributed by atoms with Crippen LogP contribution in [-0.4, -0.2) is 50.1 Å². The second-order valence-corrected chi connectivity index (χ2v) is 4.42. The molecule has 0 aliphatic heterocycles. The van der Waals surface area contributed by atoms with E-state index in [1.54, 1.807) is 0 Å². The average molecular weight is 256 g/mol. The van der Waals surface area contributed by atoms with Crippen LogP contribution in [0.2, 0.25) is 0 Å². The van der Waals surface area contributed by atoms with Gasteiger partial charge in [-0.1, -0.05) is 33.6 Å². The molecular weight excluding hydrogens is 224 g/mol. The van der Waals surface area contributed by atoms with Crippen LogP contribution in [0.4, 0.5) is 0 Å². The van der Waals surface area contributed by atoms with E-state index in [2.05, 4.69) is 48.2 Å². The van der Waals surface area contributed by atoms with Gasteiger partial charge in [0.1, 0.15) is 0 Å². The minimum Gasteiger partial charge on any atom is -0.357 e. The molecule has 0 aromatic carbocycles. The van der Waals surface area contributed by atoms with Crippen molar-refractivity contribution in [2.24, 2.45) is 4.99 Å². The molecule has 0 heterocycles. The van der Waals surface area contributed by atoms with Gasteiger partial charge in [-0.15, -0.1) is 0 Å². The van der Waals surface area contributed by atoms with E-state index in [0.29, 0.717) is 0 Å². The fourth-order valence-electron chi connectivity index (χ4n) is 1.77. The number of guanidine groups is 1. The third kappa shape index (κ3) is 9.28. The van der Waals surface area contributed by atoms with E-state index in [1.807, 2.05) is 0 Å². The summed E-state index contributed by atoms with van der Waals surface area (Å²) in [6, 6.07) is 0. The summed E-state index contributed by atoms with van der Waals surface area (Å²) in [7, 11) is 0. The standard InChI is InChI=1S/C14H32N4/c1-5-9-10-11-16-14(15-6-2)17-12-13-18(7-3)8-4/h5-13H2,1-4H3,(H2,15,16,17). The third-order valence-corrected chi connectivity index (χ3v) is 2.99. The lowest BCUT2D eigenvalue weighted by Crippen LogP contribution is -2.41. The highest BCUT2D eigenvalue weighted by atomic mass is 15.2. The molecule has 0 spiro atoms. The lowest BCUT2D eigenvalue weighted by atomic mass is 10.2. The highest BCUT2D eigenvalue weighted by Gasteiger charge is 2.00. The molecule has 0 aromatic rings. The van der Waals surface area contributed by atoms with Crippen LogP contribution < -0.4 is 10.6 Å². The van der Waals surface area contributed by atoms with Crippen molar-refractivity contribution in [3.05, 3.63) is 0 Å². The highest BCUT2D eigenvalue weighted by Crippen LogP contribution is 1.93. The molecule has 0 rings (SSSR count). The number of rotatable bonds is 10. The first-order valence-corrected chi connectivity index (χ1v) is 7.52.